The molecular weight excluding hydrogens is 460 g/mol. The Morgan fingerprint density at radius 1 is 1.26 bits per heavy atom. The topological polar surface area (TPSA) is 79.1 Å². The Kier molecular flexibility index (Phi) is 6.12. The van der Waals surface area contributed by atoms with E-state index in [1.807, 2.05) is 38.4 Å². The van der Waals surface area contributed by atoms with E-state index < -0.39 is 11.6 Å². The standard InChI is InChI=1S/C23H27BrN4O3/c1-5-28-21-17(11-26-28)19(15-8-16(24)10-25-9-15)20(22(29)31-23(2,3)4)18(27-21)13-30-12-14-6-7-14/h8-11,14H,5-7,12-13H2,1-4H3. The number of pyridine rings is 2. The second-order valence-electron chi connectivity index (χ2n) is 8.86. The third-order valence-electron chi connectivity index (χ3n) is 5.05. The molecule has 4 rings (SSSR count). The molecule has 0 radical (unpaired) electrons. The molecule has 0 amide bonds. The number of carbonyl (C=O) groups excluding carboxylic acids is 1. The SMILES string of the molecule is CCn1ncc2c(-c3cncc(Br)c3)c(C(=O)OC(C)(C)C)c(COCC3CC3)nc21. The minimum absolute atomic E-state index is 0.240. The van der Waals surface area contributed by atoms with Crippen molar-refractivity contribution in [3.63, 3.8) is 0 Å². The van der Waals surface area contributed by atoms with Crippen LogP contribution in [0.4, 0.5) is 0 Å². The fraction of sp³-hybridized carbons (Fsp3) is 0.478. The molecule has 31 heavy (non-hydrogen) atoms. The summed E-state index contributed by atoms with van der Waals surface area (Å²) in [6.45, 7) is 9.17. The first-order chi connectivity index (χ1) is 14.8. The number of carbonyl (C=O) groups is 1. The van der Waals surface area contributed by atoms with Crippen LogP contribution in [0.1, 0.15) is 56.6 Å². The van der Waals surface area contributed by atoms with Crippen molar-refractivity contribution in [3.05, 3.63) is 40.4 Å². The lowest BCUT2D eigenvalue weighted by Gasteiger charge is -2.22. The summed E-state index contributed by atoms with van der Waals surface area (Å²) in [6, 6.07) is 1.94. The number of hydrogen-bond donors (Lipinski definition) is 0. The number of fused-ring (bicyclic) bond motifs is 1. The molecule has 0 aliphatic heterocycles. The largest absolute Gasteiger partial charge is 0.456 e. The van der Waals surface area contributed by atoms with E-state index in [-0.39, 0.29) is 6.61 Å². The average Bonchev–Trinajstić information content (AvgIpc) is 3.43. The predicted octanol–water partition coefficient (Wildman–Crippen LogP) is 5.16. The number of rotatable bonds is 7. The van der Waals surface area contributed by atoms with Crippen LogP contribution in [0.3, 0.4) is 0 Å². The zero-order valence-corrected chi connectivity index (χ0v) is 19.9. The first-order valence-corrected chi connectivity index (χ1v) is 11.4. The van der Waals surface area contributed by atoms with Crippen molar-refractivity contribution in [2.75, 3.05) is 6.61 Å². The molecule has 0 aromatic carbocycles. The van der Waals surface area contributed by atoms with Crippen LogP contribution in [-0.2, 0) is 22.6 Å². The highest BCUT2D eigenvalue weighted by molar-refractivity contribution is 9.10. The summed E-state index contributed by atoms with van der Waals surface area (Å²) in [5.74, 6) is 0.190. The second-order valence-corrected chi connectivity index (χ2v) is 9.77. The van der Waals surface area contributed by atoms with Crippen molar-refractivity contribution in [2.24, 2.45) is 5.92 Å². The monoisotopic (exact) mass is 486 g/mol. The van der Waals surface area contributed by atoms with Gasteiger partial charge in [0.1, 0.15) is 5.60 Å². The van der Waals surface area contributed by atoms with Crippen molar-refractivity contribution >= 4 is 32.9 Å². The van der Waals surface area contributed by atoms with Gasteiger partial charge >= 0.3 is 5.97 Å². The zero-order chi connectivity index (χ0) is 22.2. The Labute approximate surface area is 190 Å². The lowest BCUT2D eigenvalue weighted by Crippen LogP contribution is -2.25. The second kappa shape index (κ2) is 8.67. The maximum absolute atomic E-state index is 13.4. The van der Waals surface area contributed by atoms with E-state index in [1.54, 1.807) is 18.6 Å². The molecule has 0 unspecified atom stereocenters. The third kappa shape index (κ3) is 4.96. The molecule has 7 nitrogen and oxygen atoms in total. The Hall–Kier alpha value is -2.32. The maximum Gasteiger partial charge on any atom is 0.341 e. The van der Waals surface area contributed by atoms with Gasteiger partial charge in [-0.15, -0.1) is 0 Å². The van der Waals surface area contributed by atoms with Gasteiger partial charge in [0.25, 0.3) is 0 Å². The highest BCUT2D eigenvalue weighted by Crippen LogP contribution is 2.36. The molecule has 1 saturated carbocycles. The van der Waals surface area contributed by atoms with Gasteiger partial charge in [0.2, 0.25) is 0 Å². The van der Waals surface area contributed by atoms with Crippen LogP contribution >= 0.6 is 15.9 Å². The van der Waals surface area contributed by atoms with Crippen molar-refractivity contribution in [2.45, 2.75) is 59.3 Å². The van der Waals surface area contributed by atoms with E-state index in [9.17, 15) is 4.79 Å². The normalized spacial score (nSPS) is 14.2. The summed E-state index contributed by atoms with van der Waals surface area (Å²) < 4.78 is 14.4. The molecule has 1 aliphatic carbocycles. The van der Waals surface area contributed by atoms with Gasteiger partial charge in [0, 0.05) is 46.5 Å². The highest BCUT2D eigenvalue weighted by atomic mass is 79.9. The van der Waals surface area contributed by atoms with E-state index in [4.69, 9.17) is 14.5 Å². The fourth-order valence-electron chi connectivity index (χ4n) is 3.48. The van der Waals surface area contributed by atoms with E-state index in [1.165, 1.54) is 12.8 Å². The molecule has 3 heterocycles. The Morgan fingerprint density at radius 3 is 2.68 bits per heavy atom. The smallest absolute Gasteiger partial charge is 0.341 e. The minimum Gasteiger partial charge on any atom is -0.456 e. The summed E-state index contributed by atoms with van der Waals surface area (Å²) in [5.41, 5.74) is 2.56. The minimum atomic E-state index is -0.640. The molecule has 164 valence electrons. The summed E-state index contributed by atoms with van der Waals surface area (Å²) in [4.78, 5) is 22.6. The Morgan fingerprint density at radius 2 is 2.03 bits per heavy atom. The maximum atomic E-state index is 13.4. The van der Waals surface area contributed by atoms with Gasteiger partial charge in [-0.25, -0.2) is 14.5 Å². The summed E-state index contributed by atoms with van der Waals surface area (Å²) in [6.07, 6.45) is 7.60. The third-order valence-corrected chi connectivity index (χ3v) is 5.48. The van der Waals surface area contributed by atoms with Crippen LogP contribution < -0.4 is 0 Å². The quantitative estimate of drug-likeness (QED) is 0.429. The number of aryl methyl sites for hydroxylation is 1. The van der Waals surface area contributed by atoms with Gasteiger partial charge in [-0.05, 0) is 68.5 Å². The van der Waals surface area contributed by atoms with Gasteiger partial charge < -0.3 is 9.47 Å². The van der Waals surface area contributed by atoms with E-state index in [0.29, 0.717) is 30.3 Å². The molecular formula is C23H27BrN4O3. The molecule has 1 fully saturated rings. The fourth-order valence-corrected chi connectivity index (χ4v) is 3.84. The lowest BCUT2D eigenvalue weighted by molar-refractivity contribution is 0.00646. The van der Waals surface area contributed by atoms with Gasteiger partial charge in [-0.2, -0.15) is 5.10 Å². The number of ether oxygens (including phenoxy) is 2. The number of aromatic nitrogens is 4. The molecule has 0 bridgehead atoms. The van der Waals surface area contributed by atoms with Crippen LogP contribution in [-0.4, -0.2) is 37.9 Å². The number of hydrogen-bond acceptors (Lipinski definition) is 6. The highest BCUT2D eigenvalue weighted by Gasteiger charge is 2.29. The molecule has 0 spiro atoms. The first-order valence-electron chi connectivity index (χ1n) is 10.6. The molecule has 0 N–H and O–H groups in total. The summed E-state index contributed by atoms with van der Waals surface area (Å²) in [5, 5.41) is 5.27. The Bertz CT molecular complexity index is 1120. The molecule has 3 aromatic heterocycles. The number of halogens is 1. The molecule has 8 heteroatoms. The Balaban J connectivity index is 1.93. The van der Waals surface area contributed by atoms with Crippen molar-refractivity contribution in [3.8, 4) is 11.1 Å². The summed E-state index contributed by atoms with van der Waals surface area (Å²) in [7, 11) is 0. The first kappa shape index (κ1) is 21.9. The number of esters is 1. The van der Waals surface area contributed by atoms with Crippen LogP contribution in [0.5, 0.6) is 0 Å². The zero-order valence-electron chi connectivity index (χ0n) is 18.3. The van der Waals surface area contributed by atoms with Crippen LogP contribution in [0.15, 0.2) is 29.1 Å². The average molecular weight is 487 g/mol. The van der Waals surface area contributed by atoms with E-state index in [2.05, 4.69) is 26.0 Å². The molecule has 0 atom stereocenters. The van der Waals surface area contributed by atoms with Crippen LogP contribution in [0.25, 0.3) is 22.2 Å². The molecule has 0 saturated heterocycles. The van der Waals surface area contributed by atoms with E-state index in [0.717, 1.165) is 26.6 Å². The van der Waals surface area contributed by atoms with Gasteiger partial charge in [-0.1, -0.05) is 0 Å². The van der Waals surface area contributed by atoms with Crippen molar-refractivity contribution in [1.82, 2.24) is 19.7 Å². The van der Waals surface area contributed by atoms with Gasteiger partial charge in [0.15, 0.2) is 5.65 Å². The van der Waals surface area contributed by atoms with Crippen LogP contribution in [0, 0.1) is 5.92 Å². The summed E-state index contributed by atoms with van der Waals surface area (Å²) >= 11 is 3.50. The van der Waals surface area contributed by atoms with Gasteiger partial charge in [-0.3, -0.25) is 4.98 Å². The van der Waals surface area contributed by atoms with Crippen LogP contribution in [0.2, 0.25) is 0 Å². The molecule has 1 aliphatic rings. The molecule has 3 aromatic rings. The van der Waals surface area contributed by atoms with Crippen molar-refractivity contribution in [1.29, 1.82) is 0 Å². The van der Waals surface area contributed by atoms with Gasteiger partial charge in [0.05, 0.1) is 24.1 Å². The predicted molar refractivity (Wildman–Crippen MR) is 122 cm³/mol. The lowest BCUT2D eigenvalue weighted by atomic mass is 9.97. The van der Waals surface area contributed by atoms with Crippen molar-refractivity contribution < 1.29 is 14.3 Å². The number of nitrogens with zero attached hydrogens (tertiary/aromatic N) is 4. The van der Waals surface area contributed by atoms with E-state index >= 15 is 0 Å².